The van der Waals surface area contributed by atoms with Gasteiger partial charge in [0, 0.05) is 37.8 Å². The van der Waals surface area contributed by atoms with E-state index in [0.29, 0.717) is 13.0 Å². The summed E-state index contributed by atoms with van der Waals surface area (Å²) in [6.45, 7) is 13.1. The Balaban J connectivity index is 1.74. The van der Waals surface area contributed by atoms with E-state index in [1.54, 1.807) is 0 Å². The number of rotatable bonds is 7. The van der Waals surface area contributed by atoms with Crippen molar-refractivity contribution in [2.24, 2.45) is 0 Å². The second kappa shape index (κ2) is 8.45. The maximum atomic E-state index is 12.1. The molecular weight excluding hydrogens is 292 g/mol. The number of hydrogen-bond donors (Lipinski definition) is 1. The van der Waals surface area contributed by atoms with Crippen LogP contribution in [0.25, 0.3) is 0 Å². The van der Waals surface area contributed by atoms with Crippen molar-refractivity contribution in [1.82, 2.24) is 20.0 Å². The van der Waals surface area contributed by atoms with Crippen molar-refractivity contribution in [3.8, 4) is 0 Å². The summed E-state index contributed by atoms with van der Waals surface area (Å²) in [5.41, 5.74) is 3.62. The second-order valence-electron chi connectivity index (χ2n) is 6.28. The van der Waals surface area contributed by atoms with Crippen molar-refractivity contribution in [3.63, 3.8) is 0 Å². The summed E-state index contributed by atoms with van der Waals surface area (Å²) in [4.78, 5) is 14.4. The monoisotopic (exact) mass is 322 g/mol. The van der Waals surface area contributed by atoms with Crippen molar-refractivity contribution in [2.45, 2.75) is 53.1 Å². The molecule has 0 aromatic carbocycles. The highest BCUT2D eigenvalue weighted by Gasteiger charge is 2.19. The number of nitrogens with one attached hydrogen (secondary N) is 1. The van der Waals surface area contributed by atoms with Gasteiger partial charge < -0.3 is 10.1 Å². The molecule has 2 heterocycles. The van der Waals surface area contributed by atoms with Crippen molar-refractivity contribution in [2.75, 3.05) is 32.8 Å². The molecule has 0 spiro atoms. The molecule has 0 aliphatic carbocycles. The molecule has 0 saturated carbocycles. The smallest absolute Gasteiger partial charge is 0.221 e. The lowest BCUT2D eigenvalue weighted by Crippen LogP contribution is -2.44. The Morgan fingerprint density at radius 1 is 1.35 bits per heavy atom. The third kappa shape index (κ3) is 4.78. The number of hydrogen-bond acceptors (Lipinski definition) is 4. The predicted molar refractivity (Wildman–Crippen MR) is 90.6 cm³/mol. The average molecular weight is 322 g/mol. The largest absolute Gasteiger partial charge is 0.379 e. The minimum absolute atomic E-state index is 0.112. The first-order valence-electron chi connectivity index (χ1n) is 8.64. The van der Waals surface area contributed by atoms with E-state index in [-0.39, 0.29) is 11.9 Å². The number of amides is 1. The van der Waals surface area contributed by atoms with Crippen molar-refractivity contribution in [3.05, 3.63) is 17.0 Å². The molecule has 1 aliphatic heterocycles. The zero-order valence-electron chi connectivity index (χ0n) is 14.9. The van der Waals surface area contributed by atoms with Gasteiger partial charge in [0.25, 0.3) is 0 Å². The first kappa shape index (κ1) is 17.9. The lowest BCUT2D eigenvalue weighted by Gasteiger charge is -2.31. The van der Waals surface area contributed by atoms with Gasteiger partial charge in [-0.1, -0.05) is 6.92 Å². The fourth-order valence-electron chi connectivity index (χ4n) is 3.25. The number of carbonyl (C=O) groups excluding carboxylic acids is 1. The van der Waals surface area contributed by atoms with E-state index >= 15 is 0 Å². The lowest BCUT2D eigenvalue weighted by atomic mass is 10.1. The molecule has 6 heteroatoms. The van der Waals surface area contributed by atoms with E-state index in [9.17, 15) is 4.79 Å². The molecule has 1 amide bonds. The highest BCUT2D eigenvalue weighted by atomic mass is 16.5. The standard InChI is InChI=1S/C17H30N4O2/c1-5-16-14(3)19-21(15(16)4)7-6-18-17(22)12-13(2)20-8-10-23-11-9-20/h13H,5-12H2,1-4H3,(H,18,22)/t13-/m0/s1. The maximum Gasteiger partial charge on any atom is 0.221 e. The maximum absolute atomic E-state index is 12.1. The quantitative estimate of drug-likeness (QED) is 0.822. The fraction of sp³-hybridized carbons (Fsp3) is 0.765. The van der Waals surface area contributed by atoms with Crippen LogP contribution in [0, 0.1) is 13.8 Å². The highest BCUT2D eigenvalue weighted by molar-refractivity contribution is 5.76. The van der Waals surface area contributed by atoms with Crippen LogP contribution >= 0.6 is 0 Å². The normalized spacial score (nSPS) is 17.2. The van der Waals surface area contributed by atoms with E-state index in [2.05, 4.69) is 36.1 Å². The zero-order chi connectivity index (χ0) is 16.8. The Kier molecular flexibility index (Phi) is 6.59. The summed E-state index contributed by atoms with van der Waals surface area (Å²) in [5, 5.41) is 7.57. The molecule has 1 aromatic heterocycles. The Hall–Kier alpha value is -1.40. The van der Waals surface area contributed by atoms with Crippen LogP contribution in [0.15, 0.2) is 0 Å². The molecule has 1 atom stereocenters. The third-order valence-corrected chi connectivity index (χ3v) is 4.68. The van der Waals surface area contributed by atoms with Gasteiger partial charge in [0.2, 0.25) is 5.91 Å². The van der Waals surface area contributed by atoms with E-state index in [1.807, 2.05) is 11.6 Å². The van der Waals surface area contributed by atoms with Gasteiger partial charge in [0.05, 0.1) is 25.5 Å². The molecule has 1 fully saturated rings. The topological polar surface area (TPSA) is 59.4 Å². The average Bonchev–Trinajstić information content (AvgIpc) is 2.81. The Labute approximate surface area is 139 Å². The summed E-state index contributed by atoms with van der Waals surface area (Å²) < 4.78 is 7.35. The molecule has 0 unspecified atom stereocenters. The Morgan fingerprint density at radius 2 is 2.04 bits per heavy atom. The van der Waals surface area contributed by atoms with E-state index in [0.717, 1.165) is 45.0 Å². The number of aromatic nitrogens is 2. The first-order valence-corrected chi connectivity index (χ1v) is 8.64. The van der Waals surface area contributed by atoms with Crippen molar-refractivity contribution >= 4 is 5.91 Å². The molecule has 0 bridgehead atoms. The Morgan fingerprint density at radius 3 is 2.65 bits per heavy atom. The first-order chi connectivity index (χ1) is 11.0. The van der Waals surface area contributed by atoms with Gasteiger partial charge in [-0.25, -0.2) is 0 Å². The fourth-order valence-corrected chi connectivity index (χ4v) is 3.25. The van der Waals surface area contributed by atoms with Gasteiger partial charge in [-0.05, 0) is 32.8 Å². The van der Waals surface area contributed by atoms with Gasteiger partial charge in [0.15, 0.2) is 0 Å². The molecule has 1 N–H and O–H groups in total. The molecule has 130 valence electrons. The molecule has 1 aliphatic rings. The summed E-state index contributed by atoms with van der Waals surface area (Å²) in [6.07, 6.45) is 1.54. The van der Waals surface area contributed by atoms with E-state index in [1.165, 1.54) is 11.3 Å². The van der Waals surface area contributed by atoms with Crippen LogP contribution in [0.2, 0.25) is 0 Å². The van der Waals surface area contributed by atoms with Crippen LogP contribution < -0.4 is 5.32 Å². The van der Waals surface area contributed by atoms with Crippen LogP contribution in [-0.4, -0.2) is 59.5 Å². The highest BCUT2D eigenvalue weighted by Crippen LogP contribution is 2.13. The summed E-state index contributed by atoms with van der Waals surface area (Å²) in [6, 6.07) is 0.263. The van der Waals surface area contributed by atoms with E-state index in [4.69, 9.17) is 4.74 Å². The van der Waals surface area contributed by atoms with Gasteiger partial charge in [-0.15, -0.1) is 0 Å². The van der Waals surface area contributed by atoms with Crippen LogP contribution in [0.1, 0.15) is 37.2 Å². The number of nitrogens with zero attached hydrogens (tertiary/aromatic N) is 3. The third-order valence-electron chi connectivity index (χ3n) is 4.68. The molecular formula is C17H30N4O2. The molecule has 0 radical (unpaired) electrons. The minimum atomic E-state index is 0.112. The molecule has 2 rings (SSSR count). The molecule has 6 nitrogen and oxygen atoms in total. The molecule has 23 heavy (non-hydrogen) atoms. The van der Waals surface area contributed by atoms with Crippen LogP contribution in [-0.2, 0) is 22.5 Å². The Bertz CT molecular complexity index is 521. The van der Waals surface area contributed by atoms with Gasteiger partial charge in [0.1, 0.15) is 0 Å². The van der Waals surface area contributed by atoms with E-state index < -0.39 is 0 Å². The van der Waals surface area contributed by atoms with Gasteiger partial charge in [-0.3, -0.25) is 14.4 Å². The zero-order valence-corrected chi connectivity index (χ0v) is 14.9. The number of carbonyl (C=O) groups is 1. The minimum Gasteiger partial charge on any atom is -0.379 e. The molecule has 1 saturated heterocycles. The van der Waals surface area contributed by atoms with Crippen LogP contribution in [0.3, 0.4) is 0 Å². The number of morpholine rings is 1. The predicted octanol–water partition coefficient (Wildman–Crippen LogP) is 1.29. The summed E-state index contributed by atoms with van der Waals surface area (Å²) in [5.74, 6) is 0.112. The van der Waals surface area contributed by atoms with Crippen molar-refractivity contribution < 1.29 is 9.53 Å². The SMILES string of the molecule is CCc1c(C)nn(CCNC(=O)C[C@H](C)N2CCOCC2)c1C. The summed E-state index contributed by atoms with van der Waals surface area (Å²) in [7, 11) is 0. The van der Waals surface area contributed by atoms with Crippen LogP contribution in [0.4, 0.5) is 0 Å². The van der Waals surface area contributed by atoms with Gasteiger partial charge in [-0.2, -0.15) is 5.10 Å². The van der Waals surface area contributed by atoms with Crippen LogP contribution in [0.5, 0.6) is 0 Å². The number of ether oxygens (including phenoxy) is 1. The molecule has 1 aromatic rings. The lowest BCUT2D eigenvalue weighted by molar-refractivity contribution is -0.122. The summed E-state index contributed by atoms with van der Waals surface area (Å²) >= 11 is 0. The van der Waals surface area contributed by atoms with Crippen molar-refractivity contribution in [1.29, 1.82) is 0 Å². The number of aryl methyl sites for hydroxylation is 1. The van der Waals surface area contributed by atoms with Gasteiger partial charge >= 0.3 is 0 Å². The second-order valence-corrected chi connectivity index (χ2v) is 6.28.